The number of benzene rings is 1. The van der Waals surface area contributed by atoms with Crippen molar-refractivity contribution in [3.63, 3.8) is 0 Å². The number of ether oxygens (including phenoxy) is 1. The predicted octanol–water partition coefficient (Wildman–Crippen LogP) is 1.89. The maximum Gasteiger partial charge on any atom is 0.338 e. The van der Waals surface area contributed by atoms with E-state index in [1.54, 1.807) is 24.0 Å². The van der Waals surface area contributed by atoms with Gasteiger partial charge in [-0.15, -0.1) is 0 Å². The van der Waals surface area contributed by atoms with Crippen molar-refractivity contribution in [3.05, 3.63) is 27.7 Å². The molecule has 0 bridgehead atoms. The highest BCUT2D eigenvalue weighted by molar-refractivity contribution is 9.10. The number of amides is 1. The minimum absolute atomic E-state index is 0.000907. The third kappa shape index (κ3) is 2.58. The summed E-state index contributed by atoms with van der Waals surface area (Å²) in [6.07, 6.45) is 0.348. The summed E-state index contributed by atoms with van der Waals surface area (Å²) in [6, 6.07) is 3.38. The number of carbonyl (C=O) groups is 2. The lowest BCUT2D eigenvalue weighted by atomic mass is 10.1. The van der Waals surface area contributed by atoms with E-state index >= 15 is 0 Å². The van der Waals surface area contributed by atoms with E-state index in [1.165, 1.54) is 7.11 Å². The first-order valence-electron chi connectivity index (χ1n) is 6.28. The number of aliphatic hydroxyl groups excluding tert-OH is 1. The first kappa shape index (κ1) is 15.0. The molecule has 1 amide bonds. The quantitative estimate of drug-likeness (QED) is 0.852. The van der Waals surface area contributed by atoms with Gasteiger partial charge >= 0.3 is 5.97 Å². The van der Waals surface area contributed by atoms with Crippen molar-refractivity contribution in [3.8, 4) is 0 Å². The molecule has 1 unspecified atom stereocenters. The summed E-state index contributed by atoms with van der Waals surface area (Å²) in [6.45, 7) is 2.29. The minimum atomic E-state index is -0.407. The molecular formula is C14H16BrNO4. The molecule has 1 aliphatic rings. The number of methoxy groups -OCH3 is 1. The summed E-state index contributed by atoms with van der Waals surface area (Å²) in [7, 11) is 1.33. The summed E-state index contributed by atoms with van der Waals surface area (Å²) < 4.78 is 5.42. The molecule has 0 radical (unpaired) electrons. The average Bonchev–Trinajstić information content (AvgIpc) is 2.82. The molecule has 1 aromatic carbocycles. The number of rotatable bonds is 3. The van der Waals surface area contributed by atoms with Crippen LogP contribution >= 0.6 is 15.9 Å². The van der Waals surface area contributed by atoms with Gasteiger partial charge in [-0.05, 0) is 40.5 Å². The van der Waals surface area contributed by atoms with Gasteiger partial charge < -0.3 is 14.7 Å². The van der Waals surface area contributed by atoms with Crippen LogP contribution in [0.4, 0.5) is 5.69 Å². The zero-order chi connectivity index (χ0) is 14.9. The van der Waals surface area contributed by atoms with Gasteiger partial charge in [0.15, 0.2) is 0 Å². The van der Waals surface area contributed by atoms with Crippen molar-refractivity contribution in [2.45, 2.75) is 13.3 Å². The number of anilines is 1. The van der Waals surface area contributed by atoms with Crippen molar-refractivity contribution < 1.29 is 19.4 Å². The van der Waals surface area contributed by atoms with Gasteiger partial charge in [0.05, 0.1) is 18.4 Å². The van der Waals surface area contributed by atoms with Gasteiger partial charge in [0, 0.05) is 30.0 Å². The Labute approximate surface area is 125 Å². The van der Waals surface area contributed by atoms with Crippen molar-refractivity contribution in [2.75, 3.05) is 25.2 Å². The molecular weight excluding hydrogens is 326 g/mol. The molecule has 1 aromatic rings. The maximum atomic E-state index is 12.0. The summed E-state index contributed by atoms with van der Waals surface area (Å²) in [5.74, 6) is -0.458. The third-order valence-electron chi connectivity index (χ3n) is 3.53. The zero-order valence-corrected chi connectivity index (χ0v) is 12.9. The fourth-order valence-electron chi connectivity index (χ4n) is 2.35. The Balaban J connectivity index is 2.37. The SMILES string of the molecule is COC(=O)c1ccc(N2CC(CO)CC2=O)c(Br)c1C. The van der Waals surface area contributed by atoms with Crippen LogP contribution in [0.2, 0.25) is 0 Å². The molecule has 1 fully saturated rings. The Kier molecular flexibility index (Phi) is 4.45. The van der Waals surface area contributed by atoms with E-state index in [9.17, 15) is 9.59 Å². The van der Waals surface area contributed by atoms with Gasteiger partial charge in [0.25, 0.3) is 0 Å². The average molecular weight is 342 g/mol. The Morgan fingerprint density at radius 3 is 2.80 bits per heavy atom. The standard InChI is InChI=1S/C14H16BrNO4/c1-8-10(14(19)20-2)3-4-11(13(8)15)16-6-9(7-17)5-12(16)18/h3-4,9,17H,5-7H2,1-2H3. The van der Waals surface area contributed by atoms with Crippen LogP contribution in [-0.4, -0.2) is 37.2 Å². The second kappa shape index (κ2) is 5.93. The lowest BCUT2D eigenvalue weighted by Crippen LogP contribution is -2.25. The number of nitrogens with zero attached hydrogens (tertiary/aromatic N) is 1. The molecule has 2 rings (SSSR count). The van der Waals surface area contributed by atoms with E-state index in [0.717, 1.165) is 11.3 Å². The van der Waals surface area contributed by atoms with E-state index in [4.69, 9.17) is 9.84 Å². The van der Waals surface area contributed by atoms with E-state index in [2.05, 4.69) is 15.9 Å². The van der Waals surface area contributed by atoms with Crippen LogP contribution < -0.4 is 4.90 Å². The fourth-order valence-corrected chi connectivity index (χ4v) is 2.91. The molecule has 0 aliphatic carbocycles. The van der Waals surface area contributed by atoms with Crippen LogP contribution in [0.3, 0.4) is 0 Å². The number of carbonyl (C=O) groups excluding carboxylic acids is 2. The Morgan fingerprint density at radius 1 is 1.55 bits per heavy atom. The highest BCUT2D eigenvalue weighted by Crippen LogP contribution is 2.35. The number of halogens is 1. The van der Waals surface area contributed by atoms with Crippen LogP contribution in [0.25, 0.3) is 0 Å². The lowest BCUT2D eigenvalue weighted by Gasteiger charge is -2.20. The summed E-state index contributed by atoms with van der Waals surface area (Å²) in [5, 5.41) is 9.17. The molecule has 0 saturated carbocycles. The molecule has 20 heavy (non-hydrogen) atoms. The van der Waals surface area contributed by atoms with Crippen LogP contribution in [0.15, 0.2) is 16.6 Å². The van der Waals surface area contributed by atoms with Gasteiger partial charge in [0.1, 0.15) is 0 Å². The molecule has 1 saturated heterocycles. The second-order valence-corrected chi connectivity index (χ2v) is 5.61. The first-order valence-corrected chi connectivity index (χ1v) is 7.07. The van der Waals surface area contributed by atoms with Gasteiger partial charge in [0.2, 0.25) is 5.91 Å². The normalized spacial score (nSPS) is 18.5. The molecule has 1 heterocycles. The topological polar surface area (TPSA) is 66.8 Å². The first-order chi connectivity index (χ1) is 9.49. The molecule has 1 atom stereocenters. The number of esters is 1. The molecule has 1 aliphatic heterocycles. The highest BCUT2D eigenvalue weighted by atomic mass is 79.9. The zero-order valence-electron chi connectivity index (χ0n) is 11.4. The van der Waals surface area contributed by atoms with Crippen LogP contribution in [0.5, 0.6) is 0 Å². The molecule has 1 N–H and O–H groups in total. The minimum Gasteiger partial charge on any atom is -0.465 e. The van der Waals surface area contributed by atoms with E-state index in [0.29, 0.717) is 23.0 Å². The monoisotopic (exact) mass is 341 g/mol. The van der Waals surface area contributed by atoms with Gasteiger partial charge in [-0.3, -0.25) is 4.79 Å². The van der Waals surface area contributed by atoms with Gasteiger partial charge in [-0.1, -0.05) is 0 Å². The maximum absolute atomic E-state index is 12.0. The summed E-state index contributed by atoms with van der Waals surface area (Å²) in [5.41, 5.74) is 1.92. The molecule has 108 valence electrons. The van der Waals surface area contributed by atoms with Crippen molar-refractivity contribution >= 4 is 33.5 Å². The Bertz CT molecular complexity index is 558. The third-order valence-corrected chi connectivity index (χ3v) is 4.53. The lowest BCUT2D eigenvalue weighted by molar-refractivity contribution is -0.117. The summed E-state index contributed by atoms with van der Waals surface area (Å²) >= 11 is 3.44. The molecule has 5 nitrogen and oxygen atoms in total. The fraction of sp³-hybridized carbons (Fsp3) is 0.429. The molecule has 6 heteroatoms. The Morgan fingerprint density at radius 2 is 2.25 bits per heavy atom. The Hall–Kier alpha value is -1.40. The largest absolute Gasteiger partial charge is 0.465 e. The van der Waals surface area contributed by atoms with Crippen molar-refractivity contribution in [1.82, 2.24) is 0 Å². The second-order valence-electron chi connectivity index (χ2n) is 4.82. The van der Waals surface area contributed by atoms with Gasteiger partial charge in [-0.25, -0.2) is 4.79 Å². The number of hydrogen-bond acceptors (Lipinski definition) is 4. The molecule has 0 spiro atoms. The number of hydrogen-bond donors (Lipinski definition) is 1. The molecule has 0 aromatic heterocycles. The predicted molar refractivity (Wildman–Crippen MR) is 77.8 cm³/mol. The van der Waals surface area contributed by atoms with E-state index < -0.39 is 5.97 Å². The van der Waals surface area contributed by atoms with Crippen LogP contribution in [-0.2, 0) is 9.53 Å². The smallest absolute Gasteiger partial charge is 0.338 e. The van der Waals surface area contributed by atoms with E-state index in [-0.39, 0.29) is 18.4 Å². The van der Waals surface area contributed by atoms with Crippen LogP contribution in [0, 0.1) is 12.8 Å². The van der Waals surface area contributed by atoms with Crippen LogP contribution in [0.1, 0.15) is 22.3 Å². The summed E-state index contributed by atoms with van der Waals surface area (Å²) in [4.78, 5) is 25.2. The highest BCUT2D eigenvalue weighted by Gasteiger charge is 2.31. The number of aliphatic hydroxyl groups is 1. The van der Waals surface area contributed by atoms with Gasteiger partial charge in [-0.2, -0.15) is 0 Å². The van der Waals surface area contributed by atoms with Crippen molar-refractivity contribution in [1.29, 1.82) is 0 Å². The van der Waals surface area contributed by atoms with E-state index in [1.807, 2.05) is 0 Å². The van der Waals surface area contributed by atoms with Crippen molar-refractivity contribution in [2.24, 2.45) is 5.92 Å².